The Hall–Kier alpha value is -4.26. The summed E-state index contributed by atoms with van der Waals surface area (Å²) in [4.78, 5) is 21.2. The summed E-state index contributed by atoms with van der Waals surface area (Å²) in [5.41, 5.74) is 4.19. The van der Waals surface area contributed by atoms with Gasteiger partial charge in [-0.15, -0.1) is 0 Å². The Kier molecular flexibility index (Phi) is 5.84. The molecule has 0 atom stereocenters. The molecule has 1 amide bonds. The normalized spacial score (nSPS) is 10.4. The number of carbonyl (C=O) groups is 1. The Morgan fingerprint density at radius 1 is 0.806 bits per heavy atom. The van der Waals surface area contributed by atoms with Crippen molar-refractivity contribution < 1.29 is 9.18 Å². The smallest absolute Gasteiger partial charge is 0.255 e. The number of hydrogen-bond acceptors (Lipinski definition) is 5. The van der Waals surface area contributed by atoms with E-state index in [9.17, 15) is 9.18 Å². The monoisotopic (exact) mass is 413 g/mol. The highest BCUT2D eigenvalue weighted by atomic mass is 19.1. The first-order chi connectivity index (χ1) is 15.1. The van der Waals surface area contributed by atoms with Crippen LogP contribution in [0, 0.1) is 5.82 Å². The van der Waals surface area contributed by atoms with Crippen LogP contribution in [0.4, 0.5) is 27.4 Å². The van der Waals surface area contributed by atoms with E-state index in [2.05, 4.69) is 25.9 Å². The van der Waals surface area contributed by atoms with Gasteiger partial charge in [0.25, 0.3) is 5.91 Å². The third-order valence-corrected chi connectivity index (χ3v) is 4.60. The first-order valence-electron chi connectivity index (χ1n) is 9.65. The first kappa shape index (κ1) is 20.0. The summed E-state index contributed by atoms with van der Waals surface area (Å²) in [6.45, 7) is 0. The Bertz CT molecular complexity index is 1210. The summed E-state index contributed by atoms with van der Waals surface area (Å²) in [5.74, 6) is -0.161. The van der Waals surface area contributed by atoms with E-state index >= 15 is 0 Å². The maximum atomic E-state index is 13.4. The molecule has 0 radical (unpaired) electrons. The number of anilines is 4. The topological polar surface area (TPSA) is 78.9 Å². The second kappa shape index (κ2) is 9.04. The summed E-state index contributed by atoms with van der Waals surface area (Å²) < 4.78 is 13.4. The number of hydrogen-bond donors (Lipinski definition) is 3. The van der Waals surface area contributed by atoms with Gasteiger partial charge in [-0.3, -0.25) is 4.79 Å². The number of halogens is 1. The zero-order valence-corrected chi connectivity index (χ0v) is 16.8. The molecule has 3 N–H and O–H groups in total. The van der Waals surface area contributed by atoms with Gasteiger partial charge in [0.2, 0.25) is 5.95 Å². The van der Waals surface area contributed by atoms with Gasteiger partial charge in [-0.25, -0.2) is 14.4 Å². The van der Waals surface area contributed by atoms with Crippen LogP contribution in [0.25, 0.3) is 11.1 Å². The lowest BCUT2D eigenvalue weighted by Crippen LogP contribution is -2.12. The molecule has 1 heterocycles. The van der Waals surface area contributed by atoms with Crippen molar-refractivity contribution in [2.24, 2.45) is 0 Å². The number of amides is 1. The van der Waals surface area contributed by atoms with E-state index in [1.807, 2.05) is 37.4 Å². The molecule has 7 heteroatoms. The minimum atomic E-state index is -0.313. The molecular weight excluding hydrogens is 393 g/mol. The Balaban J connectivity index is 1.46. The van der Waals surface area contributed by atoms with E-state index in [4.69, 9.17) is 0 Å². The van der Waals surface area contributed by atoms with Crippen molar-refractivity contribution in [1.82, 2.24) is 9.97 Å². The molecule has 0 fully saturated rings. The average Bonchev–Trinajstić information content (AvgIpc) is 2.80. The van der Waals surface area contributed by atoms with Crippen molar-refractivity contribution in [3.63, 3.8) is 0 Å². The number of rotatable bonds is 6. The van der Waals surface area contributed by atoms with Gasteiger partial charge in [-0.1, -0.05) is 24.3 Å². The molecule has 4 aromatic rings. The van der Waals surface area contributed by atoms with Crippen LogP contribution in [0.1, 0.15) is 10.4 Å². The van der Waals surface area contributed by atoms with Crippen LogP contribution in [0.5, 0.6) is 0 Å². The molecule has 4 rings (SSSR count). The predicted molar refractivity (Wildman–Crippen MR) is 121 cm³/mol. The summed E-state index contributed by atoms with van der Waals surface area (Å²) in [7, 11) is 1.82. The second-order valence-corrected chi connectivity index (χ2v) is 6.80. The van der Waals surface area contributed by atoms with E-state index in [0.717, 1.165) is 5.69 Å². The van der Waals surface area contributed by atoms with E-state index in [-0.39, 0.29) is 11.7 Å². The molecule has 0 aliphatic carbocycles. The Morgan fingerprint density at radius 3 is 2.29 bits per heavy atom. The Labute approximate surface area is 179 Å². The molecule has 31 heavy (non-hydrogen) atoms. The molecular formula is C24H20FN5O. The third-order valence-electron chi connectivity index (χ3n) is 4.60. The van der Waals surface area contributed by atoms with Crippen LogP contribution in [0.2, 0.25) is 0 Å². The molecule has 1 aromatic heterocycles. The zero-order chi connectivity index (χ0) is 21.6. The fourth-order valence-corrected chi connectivity index (χ4v) is 3.03. The lowest BCUT2D eigenvalue weighted by atomic mass is 10.1. The number of carbonyl (C=O) groups excluding carboxylic acids is 1. The summed E-state index contributed by atoms with van der Waals surface area (Å²) >= 11 is 0. The maximum absolute atomic E-state index is 13.4. The van der Waals surface area contributed by atoms with Crippen LogP contribution in [-0.4, -0.2) is 22.9 Å². The van der Waals surface area contributed by atoms with Crippen LogP contribution in [-0.2, 0) is 0 Å². The lowest BCUT2D eigenvalue weighted by molar-refractivity contribution is 0.102. The van der Waals surface area contributed by atoms with Gasteiger partial charge in [0.15, 0.2) is 0 Å². The second-order valence-electron chi connectivity index (χ2n) is 6.80. The molecule has 3 aromatic carbocycles. The minimum Gasteiger partial charge on any atom is -0.388 e. The zero-order valence-electron chi connectivity index (χ0n) is 16.8. The molecule has 0 bridgehead atoms. The van der Waals surface area contributed by atoms with Crippen molar-refractivity contribution in [1.29, 1.82) is 0 Å². The van der Waals surface area contributed by atoms with Crippen molar-refractivity contribution in [2.45, 2.75) is 0 Å². The standard InChI is InChI=1S/C24H20FN5O/c1-26-20-8-4-10-22(13-20)29-23(31)17-6-3-9-21(12-17)30-24-27-14-18(15-28-24)16-5-2-7-19(25)11-16/h2-15,26H,1H3,(H,29,31)(H,27,28,30). The molecule has 0 saturated carbocycles. The van der Waals surface area contributed by atoms with Crippen LogP contribution in [0.15, 0.2) is 85.2 Å². The quantitative estimate of drug-likeness (QED) is 0.399. The van der Waals surface area contributed by atoms with Gasteiger partial charge < -0.3 is 16.0 Å². The van der Waals surface area contributed by atoms with Gasteiger partial charge in [-0.05, 0) is 54.1 Å². The minimum absolute atomic E-state index is 0.223. The van der Waals surface area contributed by atoms with Gasteiger partial charge in [-0.2, -0.15) is 0 Å². The summed E-state index contributed by atoms with van der Waals surface area (Å²) in [6.07, 6.45) is 3.24. The van der Waals surface area contributed by atoms with Crippen molar-refractivity contribution in [2.75, 3.05) is 23.0 Å². The summed E-state index contributed by atoms with van der Waals surface area (Å²) in [5, 5.41) is 9.01. The average molecular weight is 413 g/mol. The lowest BCUT2D eigenvalue weighted by Gasteiger charge is -2.10. The van der Waals surface area contributed by atoms with E-state index < -0.39 is 0 Å². The van der Waals surface area contributed by atoms with E-state index in [0.29, 0.717) is 34.0 Å². The van der Waals surface area contributed by atoms with Crippen molar-refractivity contribution in [3.05, 3.63) is 96.6 Å². The molecule has 0 saturated heterocycles. The van der Waals surface area contributed by atoms with Crippen LogP contribution >= 0.6 is 0 Å². The highest BCUT2D eigenvalue weighted by molar-refractivity contribution is 6.05. The van der Waals surface area contributed by atoms with Crippen LogP contribution in [0.3, 0.4) is 0 Å². The molecule has 0 unspecified atom stereocenters. The van der Waals surface area contributed by atoms with Crippen molar-refractivity contribution >= 4 is 28.9 Å². The third kappa shape index (κ3) is 5.02. The van der Waals surface area contributed by atoms with Crippen LogP contribution < -0.4 is 16.0 Å². The predicted octanol–water partition coefficient (Wildman–Crippen LogP) is 5.32. The SMILES string of the molecule is CNc1cccc(NC(=O)c2cccc(Nc3ncc(-c4cccc(F)c4)cn3)c2)c1. The molecule has 0 spiro atoms. The fraction of sp³-hybridized carbons (Fsp3) is 0.0417. The highest BCUT2D eigenvalue weighted by Crippen LogP contribution is 2.21. The van der Waals surface area contributed by atoms with Gasteiger partial charge in [0.05, 0.1) is 0 Å². The number of nitrogens with one attached hydrogen (secondary N) is 3. The van der Waals surface area contributed by atoms with Crippen molar-refractivity contribution in [3.8, 4) is 11.1 Å². The number of benzene rings is 3. The largest absolute Gasteiger partial charge is 0.388 e. The van der Waals surface area contributed by atoms with Gasteiger partial charge >= 0.3 is 0 Å². The highest BCUT2D eigenvalue weighted by Gasteiger charge is 2.08. The molecule has 0 aliphatic rings. The summed E-state index contributed by atoms with van der Waals surface area (Å²) in [6, 6.07) is 20.8. The van der Waals surface area contributed by atoms with E-state index in [1.54, 1.807) is 42.7 Å². The van der Waals surface area contributed by atoms with Gasteiger partial charge in [0, 0.05) is 47.6 Å². The first-order valence-corrected chi connectivity index (χ1v) is 9.65. The Morgan fingerprint density at radius 2 is 1.52 bits per heavy atom. The fourth-order valence-electron chi connectivity index (χ4n) is 3.03. The molecule has 6 nitrogen and oxygen atoms in total. The van der Waals surface area contributed by atoms with Gasteiger partial charge in [0.1, 0.15) is 5.82 Å². The number of aromatic nitrogens is 2. The molecule has 0 aliphatic heterocycles. The molecule has 154 valence electrons. The number of nitrogens with zero attached hydrogens (tertiary/aromatic N) is 2. The maximum Gasteiger partial charge on any atom is 0.255 e. The van der Waals surface area contributed by atoms with E-state index in [1.165, 1.54) is 12.1 Å².